The van der Waals surface area contributed by atoms with Crippen molar-refractivity contribution >= 4 is 40.7 Å². The van der Waals surface area contributed by atoms with Crippen molar-refractivity contribution in [2.24, 2.45) is 0 Å². The summed E-state index contributed by atoms with van der Waals surface area (Å²) in [4.78, 5) is 8.48. The van der Waals surface area contributed by atoms with Gasteiger partial charge < -0.3 is 10.6 Å². The zero-order valence-corrected chi connectivity index (χ0v) is 12.1. The lowest BCUT2D eigenvalue weighted by Crippen LogP contribution is -2.12. The van der Waals surface area contributed by atoms with Gasteiger partial charge in [0.2, 0.25) is 5.95 Å². The molecule has 0 amide bonds. The molecule has 0 aliphatic carbocycles. The Hall–Kier alpha value is -1.52. The third kappa shape index (κ3) is 3.72. The van der Waals surface area contributed by atoms with Crippen molar-refractivity contribution in [3.63, 3.8) is 0 Å². The predicted molar refractivity (Wildman–Crippen MR) is 80.5 cm³/mol. The zero-order chi connectivity index (χ0) is 13.8. The highest BCUT2D eigenvalue weighted by molar-refractivity contribution is 6.39. The van der Waals surface area contributed by atoms with Crippen molar-refractivity contribution in [1.29, 1.82) is 0 Å². The molecule has 0 atom stereocenters. The molecule has 6 heteroatoms. The fourth-order valence-corrected chi connectivity index (χ4v) is 1.99. The molecule has 0 radical (unpaired) electrons. The first-order valence-electron chi connectivity index (χ1n) is 5.87. The van der Waals surface area contributed by atoms with Gasteiger partial charge >= 0.3 is 0 Å². The molecule has 1 aromatic carbocycles. The smallest absolute Gasteiger partial charge is 0.224 e. The van der Waals surface area contributed by atoms with E-state index in [1.165, 1.54) is 0 Å². The van der Waals surface area contributed by atoms with E-state index in [9.17, 15) is 0 Å². The average Bonchev–Trinajstić information content (AvgIpc) is 2.34. The third-order valence-electron chi connectivity index (χ3n) is 2.29. The van der Waals surface area contributed by atoms with Crippen LogP contribution in [0.5, 0.6) is 0 Å². The van der Waals surface area contributed by atoms with E-state index < -0.39 is 0 Å². The maximum Gasteiger partial charge on any atom is 0.224 e. The zero-order valence-electron chi connectivity index (χ0n) is 10.6. The van der Waals surface area contributed by atoms with Crippen molar-refractivity contribution in [3.05, 3.63) is 40.5 Å². The third-order valence-corrected chi connectivity index (χ3v) is 2.92. The van der Waals surface area contributed by atoms with Gasteiger partial charge in [0, 0.05) is 12.2 Å². The summed E-state index contributed by atoms with van der Waals surface area (Å²) in [5, 5.41) is 7.32. The number of aromatic nitrogens is 2. The summed E-state index contributed by atoms with van der Waals surface area (Å²) in [6.45, 7) is 4.04. The fraction of sp³-hybridized carbons (Fsp3) is 0.231. The molecule has 0 saturated heterocycles. The highest BCUT2D eigenvalue weighted by Crippen LogP contribution is 2.31. The van der Waals surface area contributed by atoms with E-state index in [-0.39, 0.29) is 6.04 Å². The second kappa shape index (κ2) is 6.08. The van der Waals surface area contributed by atoms with E-state index in [1.54, 1.807) is 30.5 Å². The molecule has 19 heavy (non-hydrogen) atoms. The van der Waals surface area contributed by atoms with Gasteiger partial charge in [-0.25, -0.2) is 4.98 Å². The van der Waals surface area contributed by atoms with Crippen LogP contribution < -0.4 is 10.6 Å². The Balaban J connectivity index is 2.24. The number of rotatable bonds is 4. The molecule has 1 aromatic heterocycles. The van der Waals surface area contributed by atoms with Crippen LogP contribution in [0.25, 0.3) is 0 Å². The Morgan fingerprint density at radius 1 is 1.11 bits per heavy atom. The van der Waals surface area contributed by atoms with Gasteiger partial charge in [-0.1, -0.05) is 29.3 Å². The molecule has 2 rings (SSSR count). The predicted octanol–water partition coefficient (Wildman–Crippen LogP) is 4.35. The highest BCUT2D eigenvalue weighted by Gasteiger charge is 2.07. The first-order chi connectivity index (χ1) is 9.06. The number of anilines is 3. The minimum atomic E-state index is 0.263. The van der Waals surface area contributed by atoms with Crippen LogP contribution in [0.2, 0.25) is 10.0 Å². The Morgan fingerprint density at radius 3 is 2.42 bits per heavy atom. The van der Waals surface area contributed by atoms with Crippen molar-refractivity contribution in [2.45, 2.75) is 19.9 Å². The van der Waals surface area contributed by atoms with Crippen LogP contribution in [0.3, 0.4) is 0 Å². The molecule has 0 spiro atoms. The van der Waals surface area contributed by atoms with E-state index in [1.807, 2.05) is 13.8 Å². The van der Waals surface area contributed by atoms with Gasteiger partial charge in [-0.05, 0) is 32.0 Å². The van der Waals surface area contributed by atoms with Gasteiger partial charge in [-0.15, -0.1) is 0 Å². The van der Waals surface area contributed by atoms with E-state index in [0.717, 1.165) is 0 Å². The lowest BCUT2D eigenvalue weighted by atomic mass is 10.3. The highest BCUT2D eigenvalue weighted by atomic mass is 35.5. The fourth-order valence-electron chi connectivity index (χ4n) is 1.50. The maximum atomic E-state index is 6.10. The lowest BCUT2D eigenvalue weighted by molar-refractivity contribution is 0.875. The number of benzene rings is 1. The number of hydrogen-bond donors (Lipinski definition) is 2. The summed E-state index contributed by atoms with van der Waals surface area (Å²) < 4.78 is 0. The Morgan fingerprint density at radius 2 is 1.79 bits per heavy atom. The quantitative estimate of drug-likeness (QED) is 0.881. The number of nitrogens with zero attached hydrogens (tertiary/aromatic N) is 2. The normalized spacial score (nSPS) is 10.6. The maximum absolute atomic E-state index is 6.10. The molecule has 2 N–H and O–H groups in total. The largest absolute Gasteiger partial charge is 0.352 e. The van der Waals surface area contributed by atoms with E-state index >= 15 is 0 Å². The Kier molecular flexibility index (Phi) is 4.45. The minimum Gasteiger partial charge on any atom is -0.352 e. The van der Waals surface area contributed by atoms with Crippen LogP contribution in [0, 0.1) is 0 Å². The second-order valence-corrected chi connectivity index (χ2v) is 5.10. The summed E-state index contributed by atoms with van der Waals surface area (Å²) in [5.41, 5.74) is 0.639. The van der Waals surface area contributed by atoms with Crippen molar-refractivity contribution in [3.8, 4) is 0 Å². The number of nitrogens with one attached hydrogen (secondary N) is 2. The molecule has 0 unspecified atom stereocenters. The average molecular weight is 297 g/mol. The molecular weight excluding hydrogens is 283 g/mol. The summed E-state index contributed by atoms with van der Waals surface area (Å²) in [6.07, 6.45) is 1.67. The summed E-state index contributed by atoms with van der Waals surface area (Å²) in [7, 11) is 0. The number of halogens is 2. The van der Waals surface area contributed by atoms with Crippen molar-refractivity contribution in [1.82, 2.24) is 9.97 Å². The molecule has 0 aliphatic rings. The first kappa shape index (κ1) is 13.9. The number of para-hydroxylation sites is 1. The molecule has 0 bridgehead atoms. The molecule has 0 fully saturated rings. The van der Waals surface area contributed by atoms with E-state index in [2.05, 4.69) is 20.6 Å². The summed E-state index contributed by atoms with van der Waals surface area (Å²) in [6, 6.07) is 7.35. The SMILES string of the molecule is CC(C)Nc1nccc(Nc2c(Cl)cccc2Cl)n1. The minimum absolute atomic E-state index is 0.263. The molecule has 100 valence electrons. The monoisotopic (exact) mass is 296 g/mol. The van der Waals surface area contributed by atoms with Gasteiger partial charge in [-0.3, -0.25) is 0 Å². The van der Waals surface area contributed by atoms with E-state index in [4.69, 9.17) is 23.2 Å². The van der Waals surface area contributed by atoms with Crippen LogP contribution in [0.4, 0.5) is 17.5 Å². The summed E-state index contributed by atoms with van der Waals surface area (Å²) in [5.74, 6) is 1.19. The van der Waals surface area contributed by atoms with E-state index in [0.29, 0.717) is 27.5 Å². The topological polar surface area (TPSA) is 49.8 Å². The molecule has 4 nitrogen and oxygen atoms in total. The van der Waals surface area contributed by atoms with Gasteiger partial charge in [-0.2, -0.15) is 4.98 Å². The van der Waals surface area contributed by atoms with Crippen LogP contribution in [-0.2, 0) is 0 Å². The molecule has 0 saturated carbocycles. The molecular formula is C13H14Cl2N4. The van der Waals surface area contributed by atoms with Crippen LogP contribution in [0.15, 0.2) is 30.5 Å². The molecule has 1 heterocycles. The first-order valence-corrected chi connectivity index (χ1v) is 6.62. The van der Waals surface area contributed by atoms with Crippen LogP contribution in [0.1, 0.15) is 13.8 Å². The second-order valence-electron chi connectivity index (χ2n) is 4.29. The Bertz CT molecular complexity index is 552. The van der Waals surface area contributed by atoms with Crippen LogP contribution in [-0.4, -0.2) is 16.0 Å². The van der Waals surface area contributed by atoms with Crippen molar-refractivity contribution in [2.75, 3.05) is 10.6 Å². The van der Waals surface area contributed by atoms with Crippen molar-refractivity contribution < 1.29 is 0 Å². The van der Waals surface area contributed by atoms with Gasteiger partial charge in [0.1, 0.15) is 5.82 Å². The Labute approximate surface area is 122 Å². The van der Waals surface area contributed by atoms with Gasteiger partial charge in [0.15, 0.2) is 0 Å². The molecule has 0 aliphatic heterocycles. The molecule has 2 aromatic rings. The summed E-state index contributed by atoms with van der Waals surface area (Å²) >= 11 is 12.2. The van der Waals surface area contributed by atoms with Gasteiger partial charge in [0.25, 0.3) is 0 Å². The standard InChI is InChI=1S/C13H14Cl2N4/c1-8(2)17-13-16-7-6-11(19-13)18-12-9(14)4-3-5-10(12)15/h3-8H,1-2H3,(H2,16,17,18,19). The van der Waals surface area contributed by atoms with Gasteiger partial charge in [0.05, 0.1) is 15.7 Å². The number of hydrogen-bond acceptors (Lipinski definition) is 4. The van der Waals surface area contributed by atoms with Crippen LogP contribution >= 0.6 is 23.2 Å². The lowest BCUT2D eigenvalue weighted by Gasteiger charge is -2.12.